The van der Waals surface area contributed by atoms with Crippen molar-refractivity contribution in [2.24, 2.45) is 0 Å². The molecule has 0 saturated heterocycles. The largest absolute Gasteiger partial charge is 0.465 e. The maximum atomic E-state index is 10.6. The zero-order chi connectivity index (χ0) is 12.1. The maximum absolute atomic E-state index is 10.6. The Hall–Kier alpha value is -1.50. The molecule has 1 saturated carbocycles. The minimum atomic E-state index is -1.12. The molecule has 92 valence electrons. The van der Waals surface area contributed by atoms with Crippen molar-refractivity contribution in [3.63, 3.8) is 0 Å². The Kier molecular flexibility index (Phi) is 4.36. The van der Waals surface area contributed by atoms with Crippen LogP contribution in [0.15, 0.2) is 0 Å². The molecule has 4 N–H and O–H groups in total. The van der Waals surface area contributed by atoms with E-state index in [-0.39, 0.29) is 18.2 Å². The molecule has 16 heavy (non-hydrogen) atoms. The highest BCUT2D eigenvalue weighted by molar-refractivity contribution is 5.65. The van der Waals surface area contributed by atoms with E-state index in [9.17, 15) is 9.59 Å². The molecule has 3 atom stereocenters. The molecule has 1 rings (SSSR count). The molecule has 0 unspecified atom stereocenters. The first kappa shape index (κ1) is 12.6. The van der Waals surface area contributed by atoms with Gasteiger partial charge in [-0.3, -0.25) is 0 Å². The second-order valence-corrected chi connectivity index (χ2v) is 3.79. The summed E-state index contributed by atoms with van der Waals surface area (Å²) in [5.74, 6) is 0. The van der Waals surface area contributed by atoms with E-state index >= 15 is 0 Å². The van der Waals surface area contributed by atoms with Crippen LogP contribution in [0.25, 0.3) is 0 Å². The Bertz CT molecular complexity index is 271. The van der Waals surface area contributed by atoms with E-state index in [2.05, 4.69) is 10.6 Å². The molecule has 0 heterocycles. The average Bonchev–Trinajstić information content (AvgIpc) is 2.16. The van der Waals surface area contributed by atoms with Gasteiger partial charge in [-0.1, -0.05) is 0 Å². The maximum Gasteiger partial charge on any atom is 0.404 e. The summed E-state index contributed by atoms with van der Waals surface area (Å²) in [7, 11) is 1.52. The predicted molar refractivity (Wildman–Crippen MR) is 54.5 cm³/mol. The Morgan fingerprint density at radius 2 is 1.81 bits per heavy atom. The van der Waals surface area contributed by atoms with Crippen LogP contribution in [0.3, 0.4) is 0 Å². The summed E-state index contributed by atoms with van der Waals surface area (Å²) in [6, 6.07) is -0.589. The lowest BCUT2D eigenvalue weighted by molar-refractivity contribution is 0.0340. The van der Waals surface area contributed by atoms with Gasteiger partial charge in [0, 0.05) is 13.2 Å². The number of carbonyl (C=O) groups is 2. The van der Waals surface area contributed by atoms with Crippen LogP contribution in [0, 0.1) is 0 Å². The van der Waals surface area contributed by atoms with Crippen LogP contribution in [-0.2, 0) is 4.74 Å². The molecule has 0 aromatic carbocycles. The van der Waals surface area contributed by atoms with Crippen LogP contribution in [-0.4, -0.2) is 47.7 Å². The summed E-state index contributed by atoms with van der Waals surface area (Å²) >= 11 is 0. The van der Waals surface area contributed by atoms with Crippen molar-refractivity contribution in [1.82, 2.24) is 10.6 Å². The van der Waals surface area contributed by atoms with E-state index in [1.165, 1.54) is 7.11 Å². The van der Waals surface area contributed by atoms with Crippen LogP contribution < -0.4 is 10.6 Å². The average molecular weight is 232 g/mol. The summed E-state index contributed by atoms with van der Waals surface area (Å²) in [6.45, 7) is 0. The van der Waals surface area contributed by atoms with Gasteiger partial charge >= 0.3 is 12.2 Å². The Labute approximate surface area is 92.8 Å². The molecule has 7 nitrogen and oxygen atoms in total. The summed E-state index contributed by atoms with van der Waals surface area (Å²) < 4.78 is 5.16. The molecule has 7 heteroatoms. The number of amides is 2. The predicted octanol–water partition coefficient (Wildman–Crippen LogP) is 0.458. The molecule has 2 amide bonds. The van der Waals surface area contributed by atoms with Gasteiger partial charge in [-0.05, 0) is 19.3 Å². The Morgan fingerprint density at radius 3 is 2.31 bits per heavy atom. The minimum absolute atomic E-state index is 0.192. The number of nitrogens with one attached hydrogen (secondary N) is 2. The van der Waals surface area contributed by atoms with Crippen molar-refractivity contribution < 1.29 is 24.5 Å². The molecule has 0 spiro atoms. The van der Waals surface area contributed by atoms with Gasteiger partial charge in [0.1, 0.15) is 0 Å². The lowest BCUT2D eigenvalue weighted by Gasteiger charge is -2.34. The van der Waals surface area contributed by atoms with Gasteiger partial charge in [0.05, 0.1) is 12.1 Å². The van der Waals surface area contributed by atoms with Gasteiger partial charge in [0.2, 0.25) is 0 Å². The van der Waals surface area contributed by atoms with Crippen molar-refractivity contribution in [2.75, 3.05) is 7.11 Å². The van der Waals surface area contributed by atoms with Gasteiger partial charge in [-0.2, -0.15) is 0 Å². The molecule has 1 aliphatic rings. The van der Waals surface area contributed by atoms with E-state index in [0.29, 0.717) is 19.3 Å². The van der Waals surface area contributed by atoms with E-state index in [1.54, 1.807) is 0 Å². The molecule has 1 aliphatic carbocycles. The smallest absolute Gasteiger partial charge is 0.404 e. The number of methoxy groups -OCH3 is 1. The number of rotatable bonds is 3. The lowest BCUT2D eigenvalue weighted by Crippen LogP contribution is -2.52. The fourth-order valence-electron chi connectivity index (χ4n) is 2.04. The number of ether oxygens (including phenoxy) is 1. The molecule has 1 fully saturated rings. The Morgan fingerprint density at radius 1 is 1.19 bits per heavy atom. The first-order valence-corrected chi connectivity index (χ1v) is 5.04. The molecule has 0 bridgehead atoms. The van der Waals surface area contributed by atoms with Crippen molar-refractivity contribution in [3.8, 4) is 0 Å². The standard InChI is InChI=1S/C9H16N2O5/c1-16-7-3-2-5(10-8(12)13)4-6(7)11-9(14)15/h5-7,10-11H,2-4H2,1H3,(H,12,13)(H,14,15)/t5-,6-,7-/m0/s1. The molecule has 0 aromatic heterocycles. The summed E-state index contributed by atoms with van der Waals surface area (Å²) in [6.07, 6.45) is -0.701. The third-order valence-electron chi connectivity index (χ3n) is 2.73. The lowest BCUT2D eigenvalue weighted by atomic mass is 9.88. The van der Waals surface area contributed by atoms with Gasteiger partial charge in [0.15, 0.2) is 0 Å². The second-order valence-electron chi connectivity index (χ2n) is 3.79. The van der Waals surface area contributed by atoms with Gasteiger partial charge < -0.3 is 25.6 Å². The van der Waals surface area contributed by atoms with Crippen LogP contribution in [0.5, 0.6) is 0 Å². The van der Waals surface area contributed by atoms with Crippen LogP contribution >= 0.6 is 0 Å². The van der Waals surface area contributed by atoms with Crippen molar-refractivity contribution in [3.05, 3.63) is 0 Å². The fraction of sp³-hybridized carbons (Fsp3) is 0.778. The van der Waals surface area contributed by atoms with Gasteiger partial charge in [-0.15, -0.1) is 0 Å². The van der Waals surface area contributed by atoms with Crippen molar-refractivity contribution in [2.45, 2.75) is 37.5 Å². The first-order valence-electron chi connectivity index (χ1n) is 5.04. The number of carboxylic acid groups (broad SMARTS) is 2. The van der Waals surface area contributed by atoms with Crippen LogP contribution in [0.1, 0.15) is 19.3 Å². The molecule has 0 aliphatic heterocycles. The van der Waals surface area contributed by atoms with Crippen LogP contribution in [0.4, 0.5) is 9.59 Å². The monoisotopic (exact) mass is 232 g/mol. The van der Waals surface area contributed by atoms with E-state index in [1.807, 2.05) is 0 Å². The van der Waals surface area contributed by atoms with Crippen molar-refractivity contribution >= 4 is 12.2 Å². The molecular weight excluding hydrogens is 216 g/mol. The SMILES string of the molecule is CO[C@H]1CC[C@H](NC(=O)O)C[C@@H]1NC(=O)O. The quantitative estimate of drug-likeness (QED) is 0.565. The summed E-state index contributed by atoms with van der Waals surface area (Å²) in [5, 5.41) is 21.9. The summed E-state index contributed by atoms with van der Waals surface area (Å²) in [5.41, 5.74) is 0. The summed E-state index contributed by atoms with van der Waals surface area (Å²) in [4.78, 5) is 21.0. The number of hydrogen-bond donors (Lipinski definition) is 4. The highest BCUT2D eigenvalue weighted by Crippen LogP contribution is 2.21. The topological polar surface area (TPSA) is 108 Å². The third-order valence-corrected chi connectivity index (χ3v) is 2.73. The highest BCUT2D eigenvalue weighted by atomic mass is 16.5. The van der Waals surface area contributed by atoms with Gasteiger partial charge in [0.25, 0.3) is 0 Å². The number of hydrogen-bond acceptors (Lipinski definition) is 3. The molecule has 0 radical (unpaired) electrons. The van der Waals surface area contributed by atoms with E-state index < -0.39 is 12.2 Å². The Balaban J connectivity index is 2.54. The van der Waals surface area contributed by atoms with E-state index in [4.69, 9.17) is 14.9 Å². The first-order chi connectivity index (χ1) is 7.52. The second kappa shape index (κ2) is 5.55. The van der Waals surface area contributed by atoms with Gasteiger partial charge in [-0.25, -0.2) is 9.59 Å². The normalized spacial score (nSPS) is 29.4. The van der Waals surface area contributed by atoms with E-state index in [0.717, 1.165) is 0 Å². The zero-order valence-corrected chi connectivity index (χ0v) is 8.97. The van der Waals surface area contributed by atoms with Crippen molar-refractivity contribution in [1.29, 1.82) is 0 Å². The minimum Gasteiger partial charge on any atom is -0.465 e. The zero-order valence-electron chi connectivity index (χ0n) is 8.97. The fourth-order valence-corrected chi connectivity index (χ4v) is 2.04. The van der Waals surface area contributed by atoms with Crippen LogP contribution in [0.2, 0.25) is 0 Å². The highest BCUT2D eigenvalue weighted by Gasteiger charge is 2.32. The molecular formula is C9H16N2O5. The third kappa shape index (κ3) is 3.58. The molecule has 0 aromatic rings.